The number of aromatic amines is 1. The number of fused-ring (bicyclic) bond motifs is 1. The largest absolute Gasteiger partial charge is 0.477 e. The highest BCUT2D eigenvalue weighted by Crippen LogP contribution is 2.27. The average Bonchev–Trinajstić information content (AvgIpc) is 2.94. The van der Waals surface area contributed by atoms with Gasteiger partial charge >= 0.3 is 5.97 Å². The van der Waals surface area contributed by atoms with Crippen LogP contribution in [0.25, 0.3) is 22.2 Å². The number of furan rings is 1. The van der Waals surface area contributed by atoms with Crippen LogP contribution >= 0.6 is 0 Å². The molecule has 0 aliphatic heterocycles. The van der Waals surface area contributed by atoms with Crippen molar-refractivity contribution in [1.82, 2.24) is 10.2 Å². The van der Waals surface area contributed by atoms with Gasteiger partial charge in [0.05, 0.1) is 12.0 Å². The summed E-state index contributed by atoms with van der Waals surface area (Å²) in [6, 6.07) is 5.80. The molecule has 5 nitrogen and oxygen atoms in total. The molecule has 0 atom stereocenters. The summed E-state index contributed by atoms with van der Waals surface area (Å²) in [6.07, 6.45) is 1.46. The Balaban J connectivity index is 2.17. The first-order valence-electron chi connectivity index (χ1n) is 5.11. The molecule has 18 heavy (non-hydrogen) atoms. The van der Waals surface area contributed by atoms with E-state index in [1.54, 1.807) is 12.1 Å². The Morgan fingerprint density at radius 2 is 2.22 bits per heavy atom. The normalized spacial score (nSPS) is 10.9. The quantitative estimate of drug-likeness (QED) is 0.728. The van der Waals surface area contributed by atoms with Crippen LogP contribution < -0.4 is 0 Å². The number of nitrogens with one attached hydrogen (secondary N) is 1. The van der Waals surface area contributed by atoms with Crippen molar-refractivity contribution in [3.05, 3.63) is 42.0 Å². The zero-order valence-electron chi connectivity index (χ0n) is 8.98. The highest BCUT2D eigenvalue weighted by atomic mass is 19.1. The number of benzene rings is 1. The lowest BCUT2D eigenvalue weighted by Crippen LogP contribution is -1.95. The lowest BCUT2D eigenvalue weighted by atomic mass is 10.1. The fourth-order valence-electron chi connectivity index (χ4n) is 1.75. The summed E-state index contributed by atoms with van der Waals surface area (Å²) in [4.78, 5) is 10.7. The van der Waals surface area contributed by atoms with Crippen LogP contribution in [-0.4, -0.2) is 21.3 Å². The lowest BCUT2D eigenvalue weighted by molar-refractivity contribution is 0.0690. The number of hydrogen-bond donors (Lipinski definition) is 2. The van der Waals surface area contributed by atoms with E-state index in [1.165, 1.54) is 18.4 Å². The summed E-state index contributed by atoms with van der Waals surface area (Å²) >= 11 is 0. The molecule has 6 heteroatoms. The first-order chi connectivity index (χ1) is 8.65. The van der Waals surface area contributed by atoms with Gasteiger partial charge in [-0.3, -0.25) is 5.10 Å². The van der Waals surface area contributed by atoms with Gasteiger partial charge in [-0.15, -0.1) is 0 Å². The summed E-state index contributed by atoms with van der Waals surface area (Å²) in [5.41, 5.74) is 0.822. The van der Waals surface area contributed by atoms with Gasteiger partial charge in [-0.1, -0.05) is 0 Å². The maximum Gasteiger partial charge on any atom is 0.353 e. The second-order valence-corrected chi connectivity index (χ2v) is 3.76. The molecule has 0 unspecified atom stereocenters. The van der Waals surface area contributed by atoms with Crippen molar-refractivity contribution in [3.8, 4) is 11.3 Å². The van der Waals surface area contributed by atoms with Gasteiger partial charge in [0.2, 0.25) is 0 Å². The van der Waals surface area contributed by atoms with Gasteiger partial charge in [0.25, 0.3) is 0 Å². The molecule has 2 heterocycles. The van der Waals surface area contributed by atoms with Gasteiger partial charge in [-0.05, 0) is 18.2 Å². The Labute approximate surface area is 99.8 Å². The molecule has 0 bridgehead atoms. The zero-order valence-corrected chi connectivity index (χ0v) is 8.98. The van der Waals surface area contributed by atoms with E-state index in [9.17, 15) is 9.18 Å². The lowest BCUT2D eigenvalue weighted by Gasteiger charge is -1.98. The predicted octanol–water partition coefficient (Wildman–Crippen LogP) is 2.66. The smallest absolute Gasteiger partial charge is 0.353 e. The van der Waals surface area contributed by atoms with Crippen LogP contribution in [0.1, 0.15) is 10.5 Å². The van der Waals surface area contributed by atoms with E-state index in [0.29, 0.717) is 5.58 Å². The van der Waals surface area contributed by atoms with E-state index < -0.39 is 11.8 Å². The molecule has 0 aliphatic carbocycles. The Morgan fingerprint density at radius 1 is 1.39 bits per heavy atom. The van der Waals surface area contributed by atoms with Crippen molar-refractivity contribution in [3.63, 3.8) is 0 Å². The molecule has 0 saturated heterocycles. The second-order valence-electron chi connectivity index (χ2n) is 3.76. The van der Waals surface area contributed by atoms with Crippen LogP contribution in [-0.2, 0) is 0 Å². The predicted molar refractivity (Wildman–Crippen MR) is 60.7 cm³/mol. The number of aromatic carboxylic acids is 1. The topological polar surface area (TPSA) is 79.1 Å². The minimum atomic E-state index is -1.14. The number of carbonyl (C=O) groups is 1. The van der Waals surface area contributed by atoms with E-state index in [2.05, 4.69) is 10.2 Å². The number of rotatable bonds is 2. The third kappa shape index (κ3) is 1.55. The molecule has 0 aliphatic rings. The highest BCUT2D eigenvalue weighted by molar-refractivity contribution is 5.88. The van der Waals surface area contributed by atoms with Crippen molar-refractivity contribution in [1.29, 1.82) is 0 Å². The molecule has 2 N–H and O–H groups in total. The molecule has 1 aromatic carbocycles. The van der Waals surface area contributed by atoms with Crippen molar-refractivity contribution in [2.24, 2.45) is 0 Å². The zero-order chi connectivity index (χ0) is 12.7. The molecule has 0 radical (unpaired) electrons. The Hall–Kier alpha value is -2.63. The maximum absolute atomic E-state index is 13.8. The van der Waals surface area contributed by atoms with Crippen LogP contribution in [0.2, 0.25) is 0 Å². The molecule has 0 amide bonds. The SMILES string of the molecule is O=C(O)c1cc(-c2cc3ccoc3cc2F)n[nH]1. The fourth-order valence-corrected chi connectivity index (χ4v) is 1.75. The number of carboxylic acids is 1. The molecule has 90 valence electrons. The van der Waals surface area contributed by atoms with Crippen LogP contribution in [0.4, 0.5) is 4.39 Å². The van der Waals surface area contributed by atoms with E-state index in [1.807, 2.05) is 0 Å². The van der Waals surface area contributed by atoms with Gasteiger partial charge in [0.1, 0.15) is 17.1 Å². The standard InChI is InChI=1S/C12H7FN2O3/c13-8-4-11-6(1-2-18-11)3-7(8)9-5-10(12(16)17)15-14-9/h1-5H,(H,14,15)(H,16,17). The highest BCUT2D eigenvalue weighted by Gasteiger charge is 2.14. The maximum atomic E-state index is 13.8. The fraction of sp³-hybridized carbons (Fsp3) is 0. The van der Waals surface area contributed by atoms with Gasteiger partial charge in [0.15, 0.2) is 0 Å². The monoisotopic (exact) mass is 246 g/mol. The summed E-state index contributed by atoms with van der Waals surface area (Å²) in [6.45, 7) is 0. The van der Waals surface area contributed by atoms with Gasteiger partial charge in [-0.25, -0.2) is 9.18 Å². The molecule has 0 spiro atoms. The number of H-pyrrole nitrogens is 1. The molecule has 0 fully saturated rings. The Kier molecular flexibility index (Phi) is 2.16. The third-order valence-corrected chi connectivity index (χ3v) is 2.63. The Morgan fingerprint density at radius 3 is 2.94 bits per heavy atom. The summed E-state index contributed by atoms with van der Waals surface area (Å²) < 4.78 is 18.9. The van der Waals surface area contributed by atoms with Gasteiger partial charge in [-0.2, -0.15) is 5.10 Å². The molecular formula is C12H7FN2O3. The minimum absolute atomic E-state index is 0.0864. The molecular weight excluding hydrogens is 239 g/mol. The molecule has 3 rings (SSSR count). The van der Waals surface area contributed by atoms with Crippen molar-refractivity contribution < 1.29 is 18.7 Å². The van der Waals surface area contributed by atoms with Crippen LogP contribution in [0.15, 0.2) is 34.9 Å². The Bertz CT molecular complexity index is 745. The van der Waals surface area contributed by atoms with Gasteiger partial charge < -0.3 is 9.52 Å². The van der Waals surface area contributed by atoms with Crippen molar-refractivity contribution in [2.75, 3.05) is 0 Å². The molecule has 3 aromatic rings. The second kappa shape index (κ2) is 3.69. The summed E-state index contributed by atoms with van der Waals surface area (Å²) in [5.74, 6) is -1.65. The summed E-state index contributed by atoms with van der Waals surface area (Å²) in [7, 11) is 0. The van der Waals surface area contributed by atoms with Gasteiger partial charge in [0, 0.05) is 17.0 Å². The number of aromatic nitrogens is 2. The number of halogens is 1. The van der Waals surface area contributed by atoms with E-state index in [0.717, 1.165) is 5.39 Å². The minimum Gasteiger partial charge on any atom is -0.477 e. The average molecular weight is 246 g/mol. The van der Waals surface area contributed by atoms with Crippen molar-refractivity contribution in [2.45, 2.75) is 0 Å². The number of nitrogens with zero attached hydrogens (tertiary/aromatic N) is 1. The third-order valence-electron chi connectivity index (χ3n) is 2.63. The van der Waals surface area contributed by atoms with Crippen LogP contribution in [0.5, 0.6) is 0 Å². The van der Waals surface area contributed by atoms with E-state index in [4.69, 9.17) is 9.52 Å². The first kappa shape index (κ1) is 10.5. The number of carboxylic acid groups (broad SMARTS) is 1. The van der Waals surface area contributed by atoms with E-state index >= 15 is 0 Å². The van der Waals surface area contributed by atoms with Crippen LogP contribution in [0, 0.1) is 5.82 Å². The van der Waals surface area contributed by atoms with Crippen LogP contribution in [0.3, 0.4) is 0 Å². The molecule has 0 saturated carbocycles. The summed E-state index contributed by atoms with van der Waals surface area (Å²) in [5, 5.41) is 15.6. The molecule has 2 aromatic heterocycles. The van der Waals surface area contributed by atoms with E-state index in [-0.39, 0.29) is 17.0 Å². The first-order valence-corrected chi connectivity index (χ1v) is 5.11. The van der Waals surface area contributed by atoms with Crippen molar-refractivity contribution >= 4 is 16.9 Å². The number of hydrogen-bond acceptors (Lipinski definition) is 3.